The van der Waals surface area contributed by atoms with Crippen LogP contribution in [-0.2, 0) is 6.18 Å². The molecule has 1 rings (SSSR count). The summed E-state index contributed by atoms with van der Waals surface area (Å²) in [5, 5.41) is 10.1. The van der Waals surface area contributed by atoms with E-state index >= 15 is 0 Å². The number of halogens is 3. The van der Waals surface area contributed by atoms with Crippen molar-refractivity contribution in [3.63, 3.8) is 0 Å². The quantitative estimate of drug-likeness (QED) is 0.839. The number of likely N-dealkylation sites (N-methyl/N-ethyl adjacent to an activating group) is 1. The topological polar surface area (TPSA) is 26.7 Å². The first kappa shape index (κ1) is 17.9. The molecule has 0 aliphatic rings. The molecular weight excluding hydrogens is 281 g/mol. The van der Waals surface area contributed by atoms with Gasteiger partial charge >= 0.3 is 6.18 Å². The Bertz CT molecular complexity index is 435. The predicted octanol–water partition coefficient (Wildman–Crippen LogP) is 2.62. The second-order valence-electron chi connectivity index (χ2n) is 5.56. The number of hydrogen-bond donors (Lipinski definition) is 1. The number of nitrogens with zero attached hydrogens (tertiary/aromatic N) is 2. The van der Waals surface area contributed by atoms with E-state index in [4.69, 9.17) is 0 Å². The highest BCUT2D eigenvalue weighted by Crippen LogP contribution is 2.30. The van der Waals surface area contributed by atoms with Crippen molar-refractivity contribution < 1.29 is 18.3 Å². The third-order valence-electron chi connectivity index (χ3n) is 3.23. The van der Waals surface area contributed by atoms with Crippen LogP contribution >= 0.6 is 0 Å². The summed E-state index contributed by atoms with van der Waals surface area (Å²) in [5.41, 5.74) is -0.432. The number of alkyl halides is 3. The second kappa shape index (κ2) is 7.77. The van der Waals surface area contributed by atoms with E-state index in [1.165, 1.54) is 12.1 Å². The molecule has 21 heavy (non-hydrogen) atoms. The molecule has 0 saturated heterocycles. The SMILES string of the molecule is CN(C)CCCN(C)CC(O)c1cccc(C(F)(F)F)c1. The Morgan fingerprint density at radius 1 is 1.14 bits per heavy atom. The van der Waals surface area contributed by atoms with Crippen LogP contribution in [0.2, 0.25) is 0 Å². The van der Waals surface area contributed by atoms with E-state index in [0.717, 1.165) is 31.6 Å². The zero-order chi connectivity index (χ0) is 16.0. The fourth-order valence-corrected chi connectivity index (χ4v) is 2.07. The number of hydrogen-bond acceptors (Lipinski definition) is 3. The maximum Gasteiger partial charge on any atom is 0.416 e. The number of benzene rings is 1. The van der Waals surface area contributed by atoms with Crippen molar-refractivity contribution in [3.05, 3.63) is 35.4 Å². The minimum absolute atomic E-state index is 0.296. The van der Waals surface area contributed by atoms with Crippen LogP contribution in [0.25, 0.3) is 0 Å². The second-order valence-corrected chi connectivity index (χ2v) is 5.56. The van der Waals surface area contributed by atoms with Crippen LogP contribution in [0, 0.1) is 0 Å². The van der Waals surface area contributed by atoms with E-state index in [1.54, 1.807) is 0 Å². The Hall–Kier alpha value is -1.11. The number of rotatable bonds is 7. The first-order chi connectivity index (χ1) is 9.70. The van der Waals surface area contributed by atoms with Gasteiger partial charge in [0, 0.05) is 6.54 Å². The van der Waals surface area contributed by atoms with E-state index in [0.29, 0.717) is 12.1 Å². The van der Waals surface area contributed by atoms with Crippen LogP contribution < -0.4 is 0 Å². The van der Waals surface area contributed by atoms with Crippen LogP contribution in [-0.4, -0.2) is 55.7 Å². The maximum atomic E-state index is 12.6. The van der Waals surface area contributed by atoms with Gasteiger partial charge in [0.2, 0.25) is 0 Å². The van der Waals surface area contributed by atoms with Crippen molar-refractivity contribution in [2.45, 2.75) is 18.7 Å². The smallest absolute Gasteiger partial charge is 0.387 e. The average Bonchev–Trinajstić information content (AvgIpc) is 2.37. The van der Waals surface area contributed by atoms with Crippen molar-refractivity contribution in [2.75, 3.05) is 40.8 Å². The Morgan fingerprint density at radius 3 is 2.38 bits per heavy atom. The summed E-state index contributed by atoms with van der Waals surface area (Å²) >= 11 is 0. The van der Waals surface area contributed by atoms with Crippen molar-refractivity contribution in [3.8, 4) is 0 Å². The third kappa shape index (κ3) is 6.46. The van der Waals surface area contributed by atoms with Crippen LogP contribution in [0.3, 0.4) is 0 Å². The average molecular weight is 304 g/mol. The number of aliphatic hydroxyl groups excluding tert-OH is 1. The first-order valence-corrected chi connectivity index (χ1v) is 6.88. The molecule has 0 saturated carbocycles. The van der Waals surface area contributed by atoms with Gasteiger partial charge in [-0.15, -0.1) is 0 Å². The van der Waals surface area contributed by atoms with Crippen molar-refractivity contribution in [1.82, 2.24) is 9.80 Å². The lowest BCUT2D eigenvalue weighted by atomic mass is 10.1. The lowest BCUT2D eigenvalue weighted by Crippen LogP contribution is -2.28. The van der Waals surface area contributed by atoms with Gasteiger partial charge in [0.05, 0.1) is 11.7 Å². The minimum atomic E-state index is -4.38. The van der Waals surface area contributed by atoms with Crippen LogP contribution in [0.15, 0.2) is 24.3 Å². The normalized spacial score (nSPS) is 14.0. The molecule has 1 aromatic rings. The van der Waals surface area contributed by atoms with Gasteiger partial charge in [-0.25, -0.2) is 0 Å². The molecule has 3 nitrogen and oxygen atoms in total. The molecule has 1 unspecified atom stereocenters. The molecule has 0 aliphatic heterocycles. The van der Waals surface area contributed by atoms with E-state index in [2.05, 4.69) is 4.90 Å². The summed E-state index contributed by atoms with van der Waals surface area (Å²) < 4.78 is 37.9. The molecule has 1 aromatic carbocycles. The molecule has 6 heteroatoms. The summed E-state index contributed by atoms with van der Waals surface area (Å²) in [6, 6.07) is 4.87. The van der Waals surface area contributed by atoms with E-state index < -0.39 is 17.8 Å². The fraction of sp³-hybridized carbons (Fsp3) is 0.600. The Labute approximate surface area is 124 Å². The molecule has 0 spiro atoms. The molecule has 0 aromatic heterocycles. The van der Waals surface area contributed by atoms with Gasteiger partial charge in [-0.1, -0.05) is 12.1 Å². The van der Waals surface area contributed by atoms with Crippen molar-refractivity contribution >= 4 is 0 Å². The van der Waals surface area contributed by atoms with E-state index in [1.807, 2.05) is 26.0 Å². The predicted molar refractivity (Wildman–Crippen MR) is 77.1 cm³/mol. The van der Waals surface area contributed by atoms with Gasteiger partial charge in [0.25, 0.3) is 0 Å². The monoisotopic (exact) mass is 304 g/mol. The first-order valence-electron chi connectivity index (χ1n) is 6.88. The van der Waals surface area contributed by atoms with Crippen LogP contribution in [0.5, 0.6) is 0 Å². The lowest BCUT2D eigenvalue weighted by Gasteiger charge is -2.22. The molecule has 1 atom stereocenters. The largest absolute Gasteiger partial charge is 0.416 e. The molecule has 120 valence electrons. The summed E-state index contributed by atoms with van der Waals surface area (Å²) in [4.78, 5) is 3.99. The number of aliphatic hydroxyl groups is 1. The summed E-state index contributed by atoms with van der Waals surface area (Å²) in [6.45, 7) is 2.03. The molecular formula is C15H23F3N2O. The molecule has 0 amide bonds. The highest BCUT2D eigenvalue weighted by Gasteiger charge is 2.30. The molecule has 0 aliphatic carbocycles. The van der Waals surface area contributed by atoms with Crippen molar-refractivity contribution in [2.24, 2.45) is 0 Å². The van der Waals surface area contributed by atoms with Gasteiger partial charge in [-0.05, 0) is 58.3 Å². The molecule has 0 radical (unpaired) electrons. The van der Waals surface area contributed by atoms with Gasteiger partial charge < -0.3 is 14.9 Å². The van der Waals surface area contributed by atoms with Gasteiger partial charge in [-0.3, -0.25) is 0 Å². The zero-order valence-corrected chi connectivity index (χ0v) is 12.7. The minimum Gasteiger partial charge on any atom is -0.387 e. The van der Waals surface area contributed by atoms with E-state index in [-0.39, 0.29) is 0 Å². The highest BCUT2D eigenvalue weighted by atomic mass is 19.4. The third-order valence-corrected chi connectivity index (χ3v) is 3.23. The Morgan fingerprint density at radius 2 is 1.81 bits per heavy atom. The fourth-order valence-electron chi connectivity index (χ4n) is 2.07. The molecule has 0 fully saturated rings. The molecule has 0 heterocycles. The van der Waals surface area contributed by atoms with Crippen LogP contribution in [0.4, 0.5) is 13.2 Å². The Balaban J connectivity index is 2.57. The summed E-state index contributed by atoms with van der Waals surface area (Å²) in [6.07, 6.45) is -4.36. The maximum absolute atomic E-state index is 12.6. The Kier molecular flexibility index (Phi) is 6.64. The lowest BCUT2D eigenvalue weighted by molar-refractivity contribution is -0.137. The molecule has 0 bridgehead atoms. The zero-order valence-electron chi connectivity index (χ0n) is 12.7. The van der Waals surface area contributed by atoms with Gasteiger partial charge in [0.15, 0.2) is 0 Å². The standard InChI is InChI=1S/C15H23F3N2O/c1-19(2)8-5-9-20(3)11-14(21)12-6-4-7-13(10-12)15(16,17)18/h4,6-7,10,14,21H,5,8-9,11H2,1-3H3. The summed E-state index contributed by atoms with van der Waals surface area (Å²) in [7, 11) is 5.82. The van der Waals surface area contributed by atoms with Crippen molar-refractivity contribution in [1.29, 1.82) is 0 Å². The van der Waals surface area contributed by atoms with E-state index in [9.17, 15) is 18.3 Å². The summed E-state index contributed by atoms with van der Waals surface area (Å²) in [5.74, 6) is 0. The van der Waals surface area contributed by atoms with Gasteiger partial charge in [0.1, 0.15) is 0 Å². The van der Waals surface area contributed by atoms with Crippen LogP contribution in [0.1, 0.15) is 23.7 Å². The van der Waals surface area contributed by atoms with Gasteiger partial charge in [-0.2, -0.15) is 13.2 Å². The highest BCUT2D eigenvalue weighted by molar-refractivity contribution is 5.27. The molecule has 1 N–H and O–H groups in total.